The Bertz CT molecular complexity index is 632. The Kier molecular flexibility index (Phi) is 3.93. The summed E-state index contributed by atoms with van der Waals surface area (Å²) in [4.78, 5) is 11.1. The molecular weight excluding hydrogens is 262 g/mol. The highest BCUT2D eigenvalue weighted by Crippen LogP contribution is 2.35. The maximum Gasteiger partial charge on any atom is 0.375 e. The molecule has 0 unspecified atom stereocenters. The van der Waals surface area contributed by atoms with Crippen LogP contribution in [0.4, 0.5) is 0 Å². The number of ether oxygens (including phenoxy) is 2. The van der Waals surface area contributed by atoms with Gasteiger partial charge in [-0.05, 0) is 18.6 Å². The molecule has 1 aromatic heterocycles. The molecule has 0 amide bonds. The monoisotopic (exact) mass is 277 g/mol. The van der Waals surface area contributed by atoms with Gasteiger partial charge < -0.3 is 19.1 Å². The molecule has 1 aromatic carbocycles. The topological polar surface area (TPSA) is 81.8 Å². The van der Waals surface area contributed by atoms with Crippen LogP contribution in [0.5, 0.6) is 11.5 Å². The summed E-state index contributed by atoms with van der Waals surface area (Å²) in [6.45, 7) is 1.85. The molecule has 0 aliphatic heterocycles. The highest BCUT2D eigenvalue weighted by Gasteiger charge is 2.23. The third-order valence-corrected chi connectivity index (χ3v) is 3.00. The van der Waals surface area contributed by atoms with Gasteiger partial charge in [0.15, 0.2) is 0 Å². The first-order valence-corrected chi connectivity index (χ1v) is 6.06. The lowest BCUT2D eigenvalue weighted by molar-refractivity contribution is 0.0650. The van der Waals surface area contributed by atoms with Gasteiger partial charge in [0.25, 0.3) is 0 Å². The second kappa shape index (κ2) is 5.64. The fraction of sp³-hybridized carbons (Fsp3) is 0.286. The predicted octanol–water partition coefficient (Wildman–Crippen LogP) is 2.62. The summed E-state index contributed by atoms with van der Waals surface area (Å²) in [5, 5.41) is 12.9. The van der Waals surface area contributed by atoms with E-state index in [9.17, 15) is 4.79 Å². The summed E-state index contributed by atoms with van der Waals surface area (Å²) in [6.07, 6.45) is 0.496. The Morgan fingerprint density at radius 1 is 1.35 bits per heavy atom. The van der Waals surface area contributed by atoms with Crippen LogP contribution >= 0.6 is 0 Å². The quantitative estimate of drug-likeness (QED) is 0.904. The van der Waals surface area contributed by atoms with Crippen molar-refractivity contribution in [2.45, 2.75) is 13.3 Å². The van der Waals surface area contributed by atoms with Crippen molar-refractivity contribution in [3.63, 3.8) is 0 Å². The zero-order chi connectivity index (χ0) is 14.7. The molecule has 2 aromatic rings. The highest BCUT2D eigenvalue weighted by molar-refractivity contribution is 5.89. The molecule has 0 bridgehead atoms. The third-order valence-electron chi connectivity index (χ3n) is 3.00. The van der Waals surface area contributed by atoms with Crippen LogP contribution in [0.1, 0.15) is 23.0 Å². The Morgan fingerprint density at radius 2 is 2.10 bits per heavy atom. The fourth-order valence-corrected chi connectivity index (χ4v) is 2.01. The maximum absolute atomic E-state index is 11.1. The van der Waals surface area contributed by atoms with E-state index in [2.05, 4.69) is 5.16 Å². The number of aromatic carboxylic acids is 1. The first-order valence-electron chi connectivity index (χ1n) is 6.06. The summed E-state index contributed by atoms with van der Waals surface area (Å²) in [5.74, 6) is -0.0802. The Hall–Kier alpha value is -2.50. The zero-order valence-electron chi connectivity index (χ0n) is 11.5. The molecule has 0 saturated heterocycles. The Balaban J connectivity index is 2.59. The number of carbonyl (C=O) groups is 1. The number of aromatic nitrogens is 1. The van der Waals surface area contributed by atoms with E-state index >= 15 is 0 Å². The lowest BCUT2D eigenvalue weighted by Crippen LogP contribution is -1.99. The summed E-state index contributed by atoms with van der Waals surface area (Å²) >= 11 is 0. The molecule has 106 valence electrons. The van der Waals surface area contributed by atoms with Crippen LogP contribution in [-0.2, 0) is 6.42 Å². The van der Waals surface area contributed by atoms with E-state index in [4.69, 9.17) is 19.1 Å². The van der Waals surface area contributed by atoms with Gasteiger partial charge in [-0.2, -0.15) is 0 Å². The van der Waals surface area contributed by atoms with Crippen molar-refractivity contribution in [2.75, 3.05) is 14.2 Å². The van der Waals surface area contributed by atoms with Crippen LogP contribution < -0.4 is 9.47 Å². The average Bonchev–Trinajstić information content (AvgIpc) is 2.90. The second-order valence-corrected chi connectivity index (χ2v) is 4.06. The van der Waals surface area contributed by atoms with Crippen LogP contribution in [0, 0.1) is 0 Å². The van der Waals surface area contributed by atoms with Gasteiger partial charge >= 0.3 is 5.97 Å². The van der Waals surface area contributed by atoms with Gasteiger partial charge in [-0.15, -0.1) is 0 Å². The number of carboxylic acids is 1. The molecule has 0 aliphatic carbocycles. The predicted molar refractivity (Wildman–Crippen MR) is 71.4 cm³/mol. The minimum Gasteiger partial charge on any atom is -0.497 e. The summed E-state index contributed by atoms with van der Waals surface area (Å²) < 4.78 is 15.4. The van der Waals surface area contributed by atoms with E-state index in [1.807, 2.05) is 6.92 Å². The molecule has 1 N–H and O–H groups in total. The van der Waals surface area contributed by atoms with Crippen molar-refractivity contribution in [3.05, 3.63) is 29.5 Å². The summed E-state index contributed by atoms with van der Waals surface area (Å²) in [6, 6.07) is 5.23. The van der Waals surface area contributed by atoms with Crippen molar-refractivity contribution in [2.24, 2.45) is 0 Å². The van der Waals surface area contributed by atoms with E-state index in [1.165, 1.54) is 7.11 Å². The standard InChI is InChI=1S/C14H15NO5/c1-4-9-12(15-20-13(9)14(16)17)10-6-5-8(18-2)7-11(10)19-3/h5-7H,4H2,1-3H3,(H,16,17). The molecule has 0 spiro atoms. The average molecular weight is 277 g/mol. The molecule has 0 saturated carbocycles. The van der Waals surface area contributed by atoms with Crippen LogP contribution in [0.3, 0.4) is 0 Å². The van der Waals surface area contributed by atoms with Crippen molar-refractivity contribution in [1.82, 2.24) is 5.16 Å². The number of nitrogens with zero attached hydrogens (tertiary/aromatic N) is 1. The summed E-state index contributed by atoms with van der Waals surface area (Å²) in [5.41, 5.74) is 1.69. The minimum atomic E-state index is -1.13. The van der Waals surface area contributed by atoms with Gasteiger partial charge in [-0.3, -0.25) is 0 Å². The van der Waals surface area contributed by atoms with Gasteiger partial charge in [0.05, 0.1) is 14.2 Å². The summed E-state index contributed by atoms with van der Waals surface area (Å²) in [7, 11) is 3.09. The smallest absolute Gasteiger partial charge is 0.375 e. The highest BCUT2D eigenvalue weighted by atomic mass is 16.5. The molecule has 20 heavy (non-hydrogen) atoms. The number of methoxy groups -OCH3 is 2. The number of rotatable bonds is 5. The van der Waals surface area contributed by atoms with E-state index in [0.717, 1.165) is 0 Å². The molecule has 2 rings (SSSR count). The van der Waals surface area contributed by atoms with E-state index in [-0.39, 0.29) is 5.76 Å². The first kappa shape index (κ1) is 13.9. The van der Waals surface area contributed by atoms with Crippen LogP contribution in [0.2, 0.25) is 0 Å². The molecule has 1 heterocycles. The fourth-order valence-electron chi connectivity index (χ4n) is 2.01. The number of hydrogen-bond acceptors (Lipinski definition) is 5. The zero-order valence-corrected chi connectivity index (χ0v) is 11.5. The van der Waals surface area contributed by atoms with Gasteiger partial charge in [-0.1, -0.05) is 12.1 Å². The largest absolute Gasteiger partial charge is 0.497 e. The Labute approximate surface area is 115 Å². The maximum atomic E-state index is 11.1. The molecule has 0 atom stereocenters. The van der Waals surface area contributed by atoms with Gasteiger partial charge in [0, 0.05) is 17.2 Å². The first-order chi connectivity index (χ1) is 9.62. The van der Waals surface area contributed by atoms with E-state index in [1.54, 1.807) is 25.3 Å². The van der Waals surface area contributed by atoms with Crippen LogP contribution in [0.25, 0.3) is 11.3 Å². The van der Waals surface area contributed by atoms with E-state index < -0.39 is 5.97 Å². The second-order valence-electron chi connectivity index (χ2n) is 4.06. The van der Waals surface area contributed by atoms with Crippen molar-refractivity contribution in [3.8, 4) is 22.8 Å². The van der Waals surface area contributed by atoms with Crippen LogP contribution in [0.15, 0.2) is 22.7 Å². The molecule has 6 nitrogen and oxygen atoms in total. The number of carboxylic acid groups (broad SMARTS) is 1. The Morgan fingerprint density at radius 3 is 2.65 bits per heavy atom. The molecule has 0 aliphatic rings. The van der Waals surface area contributed by atoms with Crippen molar-refractivity contribution in [1.29, 1.82) is 0 Å². The molecular formula is C14H15NO5. The molecule has 0 radical (unpaired) electrons. The SMILES string of the molecule is CCc1c(-c2ccc(OC)cc2OC)noc1C(=O)O. The lowest BCUT2D eigenvalue weighted by atomic mass is 10.0. The van der Waals surface area contributed by atoms with Gasteiger partial charge in [0.2, 0.25) is 5.76 Å². The van der Waals surface area contributed by atoms with Crippen molar-refractivity contribution < 1.29 is 23.9 Å². The molecule has 6 heteroatoms. The third kappa shape index (κ3) is 2.32. The van der Waals surface area contributed by atoms with E-state index in [0.29, 0.717) is 34.7 Å². The van der Waals surface area contributed by atoms with Gasteiger partial charge in [0.1, 0.15) is 17.2 Å². The minimum absolute atomic E-state index is 0.139. The number of benzene rings is 1. The number of hydrogen-bond donors (Lipinski definition) is 1. The lowest BCUT2D eigenvalue weighted by Gasteiger charge is -2.09. The molecule has 0 fully saturated rings. The normalized spacial score (nSPS) is 10.3. The van der Waals surface area contributed by atoms with Gasteiger partial charge in [-0.25, -0.2) is 4.79 Å². The van der Waals surface area contributed by atoms with Crippen LogP contribution in [-0.4, -0.2) is 30.5 Å². The van der Waals surface area contributed by atoms with Crippen molar-refractivity contribution >= 4 is 5.97 Å².